The van der Waals surface area contributed by atoms with Gasteiger partial charge in [0.1, 0.15) is 31.4 Å². The van der Waals surface area contributed by atoms with Crippen molar-refractivity contribution in [3.8, 4) is 0 Å². The minimum absolute atomic E-state index is 0.00199. The first-order chi connectivity index (χ1) is 23.8. The third-order valence-corrected chi connectivity index (χ3v) is 6.38. The van der Waals surface area contributed by atoms with Gasteiger partial charge in [0.25, 0.3) is 0 Å². The normalized spacial score (nSPS) is 11.2. The second-order valence-corrected chi connectivity index (χ2v) is 11.9. The molecule has 2 aromatic carbocycles. The van der Waals surface area contributed by atoms with Gasteiger partial charge < -0.3 is 46.1 Å². The van der Waals surface area contributed by atoms with E-state index in [0.717, 1.165) is 11.1 Å². The van der Waals surface area contributed by atoms with Crippen LogP contribution in [-0.4, -0.2) is 86.2 Å². The molecule has 0 aromatic heterocycles. The van der Waals surface area contributed by atoms with E-state index in [2.05, 4.69) is 31.9 Å². The number of rotatable bonds is 19. The van der Waals surface area contributed by atoms with Crippen LogP contribution < -0.4 is 31.9 Å². The summed E-state index contributed by atoms with van der Waals surface area (Å²) in [6.45, 7) is 3.56. The zero-order valence-electron chi connectivity index (χ0n) is 28.5. The van der Waals surface area contributed by atoms with Gasteiger partial charge in [-0.1, -0.05) is 60.7 Å². The second kappa shape index (κ2) is 22.1. The van der Waals surface area contributed by atoms with Gasteiger partial charge >= 0.3 is 18.2 Å². The standard InChI is InChI=1S/C34H46N6O10/c1-34(2,3)50-33(47)39-20-29(43)37-18-27(41)36-19-28(42)38-21-30(44)40-26(31(45)48-22-24-12-6-4-7-13-24)16-10-11-17-35-32(46)49-23-25-14-8-5-9-15-25/h4-9,12-15,26H,10-11,16-23H2,1-3H3,(H,35,46)(H,36,41)(H,37,43)(H,38,42)(H,39,47)(H,40,44). The number of carbonyl (C=O) groups is 7. The van der Waals surface area contributed by atoms with Gasteiger partial charge in [0, 0.05) is 6.54 Å². The third kappa shape index (κ3) is 19.2. The molecule has 0 aliphatic heterocycles. The number of esters is 1. The molecule has 1 atom stereocenters. The molecular formula is C34H46N6O10. The number of hydrogen-bond donors (Lipinski definition) is 6. The largest absolute Gasteiger partial charge is 0.459 e. The molecule has 0 saturated heterocycles. The van der Waals surface area contributed by atoms with E-state index in [4.69, 9.17) is 14.2 Å². The Bertz CT molecular complexity index is 1420. The maximum atomic E-state index is 12.9. The highest BCUT2D eigenvalue weighted by molar-refractivity contribution is 5.91. The van der Waals surface area contributed by atoms with Crippen LogP contribution in [0.1, 0.15) is 51.2 Å². The van der Waals surface area contributed by atoms with Crippen LogP contribution in [0.15, 0.2) is 60.7 Å². The summed E-state index contributed by atoms with van der Waals surface area (Å²) in [6.07, 6.45) is -0.250. The highest BCUT2D eigenvalue weighted by Crippen LogP contribution is 2.08. The highest BCUT2D eigenvalue weighted by atomic mass is 16.6. The van der Waals surface area contributed by atoms with E-state index in [0.29, 0.717) is 12.8 Å². The van der Waals surface area contributed by atoms with Gasteiger partial charge in [-0.3, -0.25) is 19.2 Å². The van der Waals surface area contributed by atoms with Crippen molar-refractivity contribution in [2.45, 2.75) is 64.9 Å². The summed E-state index contributed by atoms with van der Waals surface area (Å²) in [5.74, 6) is -3.37. The van der Waals surface area contributed by atoms with Crippen LogP contribution in [0.25, 0.3) is 0 Å². The predicted molar refractivity (Wildman–Crippen MR) is 180 cm³/mol. The summed E-state index contributed by atoms with van der Waals surface area (Å²) in [5.41, 5.74) is 0.874. The van der Waals surface area contributed by atoms with Crippen LogP contribution in [0, 0.1) is 0 Å². The Hall–Kier alpha value is -5.67. The van der Waals surface area contributed by atoms with Crippen LogP contribution in [0.5, 0.6) is 0 Å². The number of carbonyl (C=O) groups excluding carboxylic acids is 7. The van der Waals surface area contributed by atoms with Gasteiger partial charge in [-0.15, -0.1) is 0 Å². The Morgan fingerprint density at radius 1 is 0.580 bits per heavy atom. The number of amides is 6. The van der Waals surface area contributed by atoms with E-state index >= 15 is 0 Å². The van der Waals surface area contributed by atoms with E-state index in [-0.39, 0.29) is 26.2 Å². The average Bonchev–Trinajstić information content (AvgIpc) is 3.08. The molecule has 0 heterocycles. The SMILES string of the molecule is CC(C)(C)OC(=O)NCC(=O)NCC(=O)NCC(=O)NCC(=O)NC(CCCCNC(=O)OCc1ccccc1)C(=O)OCc1ccccc1. The average molecular weight is 699 g/mol. The van der Waals surface area contributed by atoms with E-state index in [9.17, 15) is 33.6 Å². The molecule has 2 rings (SSSR count). The highest BCUT2D eigenvalue weighted by Gasteiger charge is 2.23. The number of hydrogen-bond acceptors (Lipinski definition) is 10. The zero-order chi connectivity index (χ0) is 36.8. The fourth-order valence-electron chi connectivity index (χ4n) is 3.95. The number of alkyl carbamates (subject to hydrolysis) is 2. The Balaban J connectivity index is 1.72. The molecule has 0 fully saturated rings. The molecule has 0 radical (unpaired) electrons. The number of unbranched alkanes of at least 4 members (excludes halogenated alkanes) is 1. The minimum atomic E-state index is -1.03. The first-order valence-corrected chi connectivity index (χ1v) is 16.0. The summed E-state index contributed by atoms with van der Waals surface area (Å²) in [5, 5.41) is 14.4. The molecule has 2 aromatic rings. The van der Waals surface area contributed by atoms with E-state index in [1.54, 1.807) is 45.0 Å². The molecule has 1 unspecified atom stereocenters. The maximum Gasteiger partial charge on any atom is 0.408 e. The van der Waals surface area contributed by atoms with Crippen molar-refractivity contribution in [1.29, 1.82) is 0 Å². The van der Waals surface area contributed by atoms with Crippen molar-refractivity contribution in [1.82, 2.24) is 31.9 Å². The van der Waals surface area contributed by atoms with Crippen molar-refractivity contribution in [2.24, 2.45) is 0 Å². The molecule has 6 N–H and O–H groups in total. The Labute approximate surface area is 290 Å². The van der Waals surface area contributed by atoms with Gasteiger partial charge in [-0.25, -0.2) is 14.4 Å². The predicted octanol–water partition coefficient (Wildman–Crippen LogP) is 1.18. The van der Waals surface area contributed by atoms with Gasteiger partial charge in [-0.2, -0.15) is 0 Å². The van der Waals surface area contributed by atoms with Crippen molar-refractivity contribution < 1.29 is 47.8 Å². The van der Waals surface area contributed by atoms with Crippen molar-refractivity contribution in [3.05, 3.63) is 71.8 Å². The second-order valence-electron chi connectivity index (χ2n) is 11.9. The van der Waals surface area contributed by atoms with Gasteiger partial charge in [0.15, 0.2) is 0 Å². The molecular weight excluding hydrogens is 652 g/mol. The lowest BCUT2D eigenvalue weighted by atomic mass is 10.1. The smallest absolute Gasteiger partial charge is 0.408 e. The first kappa shape index (κ1) is 40.5. The molecule has 0 bridgehead atoms. The van der Waals surface area contributed by atoms with Crippen molar-refractivity contribution in [3.63, 3.8) is 0 Å². The number of ether oxygens (including phenoxy) is 3. The minimum Gasteiger partial charge on any atom is -0.459 e. The topological polar surface area (TPSA) is 219 Å². The summed E-state index contributed by atoms with van der Waals surface area (Å²) >= 11 is 0. The molecule has 50 heavy (non-hydrogen) atoms. The Morgan fingerprint density at radius 3 is 1.58 bits per heavy atom. The Morgan fingerprint density at radius 2 is 1.06 bits per heavy atom. The third-order valence-electron chi connectivity index (χ3n) is 6.38. The quantitative estimate of drug-likeness (QED) is 0.0699. The van der Waals surface area contributed by atoms with Gasteiger partial charge in [0.2, 0.25) is 23.6 Å². The lowest BCUT2D eigenvalue weighted by Gasteiger charge is -2.19. The summed E-state index contributed by atoms with van der Waals surface area (Å²) in [4.78, 5) is 85.1. The molecule has 0 aliphatic carbocycles. The monoisotopic (exact) mass is 698 g/mol. The summed E-state index contributed by atoms with van der Waals surface area (Å²) in [7, 11) is 0. The molecule has 0 saturated carbocycles. The fraction of sp³-hybridized carbons (Fsp3) is 0.441. The zero-order valence-corrected chi connectivity index (χ0v) is 28.5. The van der Waals surface area contributed by atoms with Crippen LogP contribution in [0.3, 0.4) is 0 Å². The number of nitrogens with one attached hydrogen (secondary N) is 6. The van der Waals surface area contributed by atoms with E-state index in [1.807, 2.05) is 36.4 Å². The lowest BCUT2D eigenvalue weighted by molar-refractivity contribution is -0.149. The fourth-order valence-corrected chi connectivity index (χ4v) is 3.95. The van der Waals surface area contributed by atoms with Crippen LogP contribution in [0.2, 0.25) is 0 Å². The van der Waals surface area contributed by atoms with E-state index < -0.39 is 79.6 Å². The molecule has 0 aliphatic rings. The lowest BCUT2D eigenvalue weighted by Crippen LogP contribution is -2.48. The molecule has 0 spiro atoms. The molecule has 6 amide bonds. The van der Waals surface area contributed by atoms with E-state index in [1.165, 1.54) is 0 Å². The Kier molecular flexibility index (Phi) is 17.9. The van der Waals surface area contributed by atoms with Crippen LogP contribution >= 0.6 is 0 Å². The van der Waals surface area contributed by atoms with Gasteiger partial charge in [0.05, 0.1) is 19.6 Å². The molecule has 16 heteroatoms. The summed E-state index contributed by atoms with van der Waals surface area (Å²) in [6, 6.07) is 17.2. The molecule has 272 valence electrons. The maximum absolute atomic E-state index is 12.9. The first-order valence-electron chi connectivity index (χ1n) is 16.0. The van der Waals surface area contributed by atoms with Crippen LogP contribution in [0.4, 0.5) is 9.59 Å². The van der Waals surface area contributed by atoms with Crippen molar-refractivity contribution in [2.75, 3.05) is 32.7 Å². The van der Waals surface area contributed by atoms with Crippen molar-refractivity contribution >= 4 is 41.8 Å². The number of benzene rings is 2. The summed E-state index contributed by atoms with van der Waals surface area (Å²) < 4.78 is 15.6. The van der Waals surface area contributed by atoms with Crippen LogP contribution in [-0.2, 0) is 51.4 Å². The van der Waals surface area contributed by atoms with Gasteiger partial charge in [-0.05, 0) is 51.2 Å². The molecule has 16 nitrogen and oxygen atoms in total.